The number of likely N-dealkylation sites (tertiary alicyclic amines) is 1. The zero-order valence-electron chi connectivity index (χ0n) is 47.6. The van der Waals surface area contributed by atoms with E-state index in [0.29, 0.717) is 67.8 Å². The van der Waals surface area contributed by atoms with Crippen molar-refractivity contribution in [2.45, 2.75) is 117 Å². The standard InChI is InChI=1S/C58H78N12O10S/c1-36-45-32-61-57(66-53(45)70(42-10-8-9-11-42)55(76)50(36)39(4)71)64-47-17-16-43(31-60-47)68-22-20-67(21-23-68)34-49(74)59-19-25-79-27-29-80-28-26-78-24-18-48(73)65-52(58(5,6)7)56(77)69-33-44(72)30-46(69)54(75)63-37(2)40-12-14-41(15-13-40)51-38(3)62-35-81-51/h12-17,31-32,35,37,42,44,46,52,72H,8-11,18-30,33-34H2,1-7H3,(H,59,74)(H,63,75)(H,65,73)(H,60,61,64,66)/t37-,44+,46-,52+/m0/s1. The smallest absolute Gasteiger partial charge is 0.263 e. The lowest BCUT2D eigenvalue weighted by Gasteiger charge is -2.35. The highest BCUT2D eigenvalue weighted by molar-refractivity contribution is 7.13. The van der Waals surface area contributed by atoms with E-state index in [9.17, 15) is 33.9 Å². The minimum Gasteiger partial charge on any atom is -0.391 e. The van der Waals surface area contributed by atoms with Gasteiger partial charge in [-0.05, 0) is 74.8 Å². The first-order valence-corrected chi connectivity index (χ1v) is 29.0. The Morgan fingerprint density at radius 1 is 0.840 bits per heavy atom. The number of anilines is 3. The van der Waals surface area contributed by atoms with Crippen molar-refractivity contribution in [3.63, 3.8) is 0 Å². The van der Waals surface area contributed by atoms with Gasteiger partial charge in [-0.3, -0.25) is 38.2 Å². The number of β-amino-alcohol motifs (C(OH)–C–C–N with tert-alkyl or cyclic N) is 1. The van der Waals surface area contributed by atoms with Crippen molar-refractivity contribution in [2.75, 3.05) is 95.7 Å². The molecular weight excluding hydrogens is 1060 g/mol. The summed E-state index contributed by atoms with van der Waals surface area (Å²) in [6.45, 7) is 17.7. The predicted molar refractivity (Wildman–Crippen MR) is 309 cm³/mol. The molecule has 0 radical (unpaired) electrons. The van der Waals surface area contributed by atoms with Gasteiger partial charge in [0, 0.05) is 69.7 Å². The molecule has 2 saturated heterocycles. The molecule has 23 heteroatoms. The topological polar surface area (TPSA) is 265 Å². The van der Waals surface area contributed by atoms with Gasteiger partial charge in [0.05, 0.1) is 91.9 Å². The van der Waals surface area contributed by atoms with Crippen molar-refractivity contribution in [1.29, 1.82) is 0 Å². The number of aliphatic hydroxyl groups is 1. The number of carbonyl (C=O) groups is 5. The fourth-order valence-corrected chi connectivity index (χ4v) is 11.5. The summed E-state index contributed by atoms with van der Waals surface area (Å²) in [4.78, 5) is 105. The van der Waals surface area contributed by atoms with Gasteiger partial charge in [0.25, 0.3) is 5.56 Å². The molecule has 1 aromatic carbocycles. The van der Waals surface area contributed by atoms with Crippen molar-refractivity contribution in [3.8, 4) is 10.4 Å². The van der Waals surface area contributed by atoms with Gasteiger partial charge in [-0.2, -0.15) is 4.98 Å². The SMILES string of the molecule is CC(=O)c1c(C)c2cnc(Nc3ccc(N4CCN(CC(=O)NCCOCCOCCOCCC(=O)N[C@H](C(=O)N5C[C@H](O)C[C@H]5C(=O)N[C@@H](C)c5ccc(-c6scnc6C)cc5)C(C)(C)C)CC4)cn3)nc2n(C2CCCC2)c1=O. The number of nitrogens with zero attached hydrogens (tertiary/aromatic N) is 8. The van der Waals surface area contributed by atoms with Crippen LogP contribution in [-0.4, -0.2) is 172 Å². The molecule has 4 atom stereocenters. The van der Waals surface area contributed by atoms with Crippen molar-refractivity contribution in [1.82, 2.24) is 50.3 Å². The first-order chi connectivity index (χ1) is 38.9. The summed E-state index contributed by atoms with van der Waals surface area (Å²) in [5, 5.41) is 23.3. The maximum Gasteiger partial charge on any atom is 0.263 e. The fraction of sp³-hybridized carbons (Fsp3) is 0.552. The van der Waals surface area contributed by atoms with Crippen molar-refractivity contribution < 1.29 is 43.3 Å². The van der Waals surface area contributed by atoms with E-state index in [0.717, 1.165) is 66.2 Å². The Labute approximate surface area is 476 Å². The monoisotopic (exact) mass is 1130 g/mol. The van der Waals surface area contributed by atoms with Crippen LogP contribution in [0.5, 0.6) is 0 Å². The van der Waals surface area contributed by atoms with Crippen LogP contribution in [0, 0.1) is 19.3 Å². The highest BCUT2D eigenvalue weighted by Gasteiger charge is 2.45. The van der Waals surface area contributed by atoms with Crippen LogP contribution in [0.2, 0.25) is 0 Å². The summed E-state index contributed by atoms with van der Waals surface area (Å²) in [6.07, 6.45) is 6.44. The molecular formula is C58H78N12O10S. The molecule has 4 aromatic heterocycles. The number of aryl methyl sites for hydroxylation is 2. The number of thiazole rings is 1. The number of hydrogen-bond acceptors (Lipinski definition) is 18. The Kier molecular flexibility index (Phi) is 20.7. The van der Waals surface area contributed by atoms with Crippen LogP contribution in [0.15, 0.2) is 59.1 Å². The molecule has 2 aliphatic heterocycles. The van der Waals surface area contributed by atoms with Crippen LogP contribution >= 0.6 is 11.3 Å². The number of ketones is 1. The summed E-state index contributed by atoms with van der Waals surface area (Å²) in [6, 6.07) is 9.54. The summed E-state index contributed by atoms with van der Waals surface area (Å²) in [7, 11) is 0. The van der Waals surface area contributed by atoms with Crippen LogP contribution < -0.4 is 31.7 Å². The summed E-state index contributed by atoms with van der Waals surface area (Å²) in [5.41, 5.74) is 5.97. The minimum absolute atomic E-state index is 0.00731. The van der Waals surface area contributed by atoms with Crippen molar-refractivity contribution in [2.24, 2.45) is 5.41 Å². The van der Waals surface area contributed by atoms with Crippen LogP contribution in [0.3, 0.4) is 0 Å². The molecule has 81 heavy (non-hydrogen) atoms. The van der Waals surface area contributed by atoms with Gasteiger partial charge in [0.2, 0.25) is 29.6 Å². The third-order valence-electron chi connectivity index (χ3n) is 15.2. The van der Waals surface area contributed by atoms with Gasteiger partial charge in [0.15, 0.2) is 5.78 Å². The van der Waals surface area contributed by atoms with Gasteiger partial charge in [0.1, 0.15) is 23.5 Å². The quantitative estimate of drug-likeness (QED) is 0.0379. The maximum atomic E-state index is 14.1. The molecule has 3 fully saturated rings. The van der Waals surface area contributed by atoms with E-state index < -0.39 is 29.5 Å². The summed E-state index contributed by atoms with van der Waals surface area (Å²) >= 11 is 1.57. The highest BCUT2D eigenvalue weighted by atomic mass is 32.1. The molecule has 6 heterocycles. The molecule has 0 spiro atoms. The van der Waals surface area contributed by atoms with E-state index in [1.165, 1.54) is 11.8 Å². The first kappa shape index (κ1) is 60.3. The zero-order chi connectivity index (χ0) is 57.8. The van der Waals surface area contributed by atoms with Gasteiger partial charge < -0.3 is 50.4 Å². The molecule has 5 aromatic rings. The van der Waals surface area contributed by atoms with Crippen LogP contribution in [0.25, 0.3) is 21.5 Å². The normalized spacial score (nSPS) is 17.8. The van der Waals surface area contributed by atoms with E-state index in [1.54, 1.807) is 35.2 Å². The van der Waals surface area contributed by atoms with E-state index in [2.05, 4.69) is 46.0 Å². The second kappa shape index (κ2) is 27.8. The number of Topliss-reactive ketones (excluding diaryl/α,β-unsaturated/α-hetero) is 1. The van der Waals surface area contributed by atoms with E-state index >= 15 is 0 Å². The number of piperazine rings is 1. The highest BCUT2D eigenvalue weighted by Crippen LogP contribution is 2.33. The largest absolute Gasteiger partial charge is 0.391 e. The van der Waals surface area contributed by atoms with Crippen molar-refractivity contribution in [3.05, 3.63) is 87.0 Å². The summed E-state index contributed by atoms with van der Waals surface area (Å²) < 4.78 is 18.6. The first-order valence-electron chi connectivity index (χ1n) is 28.1. The van der Waals surface area contributed by atoms with Crippen LogP contribution in [0.1, 0.15) is 112 Å². The molecule has 5 N–H and O–H groups in total. The van der Waals surface area contributed by atoms with Crippen LogP contribution in [0.4, 0.5) is 17.5 Å². The molecule has 1 aliphatic carbocycles. The molecule has 4 amide bonds. The maximum absolute atomic E-state index is 14.1. The molecule has 1 saturated carbocycles. The number of fused-ring (bicyclic) bond motifs is 1. The number of nitrogens with one attached hydrogen (secondary N) is 4. The summed E-state index contributed by atoms with van der Waals surface area (Å²) in [5.74, 6) is -0.665. The Bertz CT molecular complexity index is 3040. The number of pyridine rings is 2. The third-order valence-corrected chi connectivity index (χ3v) is 16.2. The lowest BCUT2D eigenvalue weighted by molar-refractivity contribution is -0.144. The Hall–Kier alpha value is -6.76. The number of carbonyl (C=O) groups excluding carboxylic acids is 5. The Balaban J connectivity index is 0.663. The van der Waals surface area contributed by atoms with Gasteiger partial charge >= 0.3 is 0 Å². The average molecular weight is 1140 g/mol. The van der Waals surface area contributed by atoms with E-state index in [4.69, 9.17) is 19.2 Å². The number of ether oxygens (including phenoxy) is 3. The molecule has 8 rings (SSSR count). The van der Waals surface area contributed by atoms with E-state index in [1.807, 2.05) is 76.5 Å². The number of aliphatic hydroxyl groups excluding tert-OH is 1. The molecule has 0 bridgehead atoms. The van der Waals surface area contributed by atoms with Gasteiger partial charge in [-0.25, -0.2) is 15.0 Å². The number of benzene rings is 1. The fourth-order valence-electron chi connectivity index (χ4n) is 10.7. The molecule has 0 unspecified atom stereocenters. The van der Waals surface area contributed by atoms with Crippen LogP contribution in [-0.2, 0) is 33.4 Å². The number of aromatic nitrogens is 5. The minimum atomic E-state index is -0.951. The lowest BCUT2D eigenvalue weighted by Crippen LogP contribution is -2.58. The second-order valence-corrected chi connectivity index (χ2v) is 23.1. The molecule has 436 valence electrons. The third kappa shape index (κ3) is 15.6. The number of hydrogen-bond donors (Lipinski definition) is 5. The number of rotatable bonds is 25. The van der Waals surface area contributed by atoms with Crippen molar-refractivity contribution >= 4 is 69.2 Å². The number of amides is 4. The lowest BCUT2D eigenvalue weighted by atomic mass is 9.85. The zero-order valence-corrected chi connectivity index (χ0v) is 48.4. The Morgan fingerprint density at radius 3 is 2.17 bits per heavy atom. The Morgan fingerprint density at radius 2 is 1.53 bits per heavy atom. The molecule has 3 aliphatic rings. The second-order valence-electron chi connectivity index (χ2n) is 22.2. The molecule has 22 nitrogen and oxygen atoms in total. The average Bonchev–Trinajstić information content (AvgIpc) is 4.30. The predicted octanol–water partition coefficient (Wildman–Crippen LogP) is 5.04. The van der Waals surface area contributed by atoms with Gasteiger partial charge in [-0.1, -0.05) is 57.9 Å². The van der Waals surface area contributed by atoms with E-state index in [-0.39, 0.29) is 92.5 Å². The van der Waals surface area contributed by atoms with Gasteiger partial charge in [-0.15, -0.1) is 11.3 Å².